The van der Waals surface area contributed by atoms with E-state index in [0.29, 0.717) is 5.82 Å². The first-order valence-corrected chi connectivity index (χ1v) is 10.0. The zero-order chi connectivity index (χ0) is 19.7. The predicted octanol–water partition coefficient (Wildman–Crippen LogP) is 3.41. The second kappa shape index (κ2) is 5.59. The molecular weight excluding hydrogens is 372 g/mol. The Kier molecular flexibility index (Phi) is 3.74. The molecule has 2 atom stereocenters. The van der Waals surface area contributed by atoms with Gasteiger partial charge in [-0.3, -0.25) is 0 Å². The molecule has 142 valence electrons. The van der Waals surface area contributed by atoms with Crippen LogP contribution in [-0.4, -0.2) is 18.0 Å². The van der Waals surface area contributed by atoms with E-state index in [4.69, 9.17) is 5.14 Å². The third kappa shape index (κ3) is 2.74. The maximum absolute atomic E-state index is 14.2. The predicted molar refractivity (Wildman–Crippen MR) is 97.7 cm³/mol. The molecule has 1 aromatic heterocycles. The first-order chi connectivity index (χ1) is 12.5. The molecule has 2 aromatic carbocycles. The van der Waals surface area contributed by atoms with E-state index in [1.54, 1.807) is 23.7 Å². The number of fused-ring (bicyclic) bond motifs is 1. The molecule has 0 unspecified atom stereocenters. The van der Waals surface area contributed by atoms with Crippen LogP contribution in [0.15, 0.2) is 41.3 Å². The van der Waals surface area contributed by atoms with Crippen molar-refractivity contribution in [2.45, 2.75) is 30.6 Å². The fraction of sp³-hybridized carbons (Fsp3) is 0.316. The highest BCUT2D eigenvalue weighted by molar-refractivity contribution is 7.89. The van der Waals surface area contributed by atoms with E-state index in [2.05, 4.69) is 18.8 Å². The smallest absolute Gasteiger partial charge is 0.238 e. The minimum atomic E-state index is -3.75. The maximum Gasteiger partial charge on any atom is 0.238 e. The van der Waals surface area contributed by atoms with Gasteiger partial charge in [-0.15, -0.1) is 0 Å². The van der Waals surface area contributed by atoms with E-state index >= 15 is 0 Å². The normalized spacial score (nSPS) is 21.6. The average Bonchev–Trinajstić information content (AvgIpc) is 2.96. The highest BCUT2D eigenvalue weighted by atomic mass is 32.2. The van der Waals surface area contributed by atoms with Crippen LogP contribution < -0.4 is 5.14 Å². The monoisotopic (exact) mass is 391 g/mol. The van der Waals surface area contributed by atoms with Gasteiger partial charge in [-0.05, 0) is 23.1 Å². The van der Waals surface area contributed by atoms with Crippen molar-refractivity contribution in [2.24, 2.45) is 17.6 Å². The van der Waals surface area contributed by atoms with Crippen molar-refractivity contribution >= 4 is 21.1 Å². The van der Waals surface area contributed by atoms with Gasteiger partial charge in [0.15, 0.2) is 5.82 Å². The Labute approximate surface area is 155 Å². The minimum Gasteiger partial charge on any atom is -0.328 e. The first kappa shape index (κ1) is 18.1. The number of nitrogens with two attached hydrogens (primary N) is 1. The summed E-state index contributed by atoms with van der Waals surface area (Å²) in [6.45, 7) is 4.15. The molecule has 1 aliphatic carbocycles. The van der Waals surface area contributed by atoms with Crippen LogP contribution in [-0.2, 0) is 17.1 Å². The van der Waals surface area contributed by atoms with Crippen LogP contribution in [0.1, 0.15) is 37.1 Å². The second-order valence-corrected chi connectivity index (χ2v) is 9.24. The molecule has 0 radical (unpaired) electrons. The van der Waals surface area contributed by atoms with Gasteiger partial charge in [-0.1, -0.05) is 26.0 Å². The van der Waals surface area contributed by atoms with E-state index in [0.717, 1.165) is 11.6 Å². The zero-order valence-electron chi connectivity index (χ0n) is 15.1. The summed E-state index contributed by atoms with van der Waals surface area (Å²) < 4.78 is 52.3. The van der Waals surface area contributed by atoms with Gasteiger partial charge < -0.3 is 4.57 Å². The van der Waals surface area contributed by atoms with Crippen LogP contribution in [0.5, 0.6) is 0 Å². The number of hydrogen-bond donors (Lipinski definition) is 1. The highest BCUT2D eigenvalue weighted by Crippen LogP contribution is 2.69. The summed E-state index contributed by atoms with van der Waals surface area (Å²) in [7, 11) is -2.02. The molecule has 0 spiro atoms. The number of halogens is 2. The summed E-state index contributed by atoms with van der Waals surface area (Å²) in [5.41, 5.74) is 1.36. The molecule has 1 aliphatic rings. The summed E-state index contributed by atoms with van der Waals surface area (Å²) in [4.78, 5) is 4.55. The molecule has 1 fully saturated rings. The molecule has 1 heterocycles. The molecule has 0 amide bonds. The van der Waals surface area contributed by atoms with E-state index in [1.807, 2.05) is 0 Å². The van der Waals surface area contributed by atoms with Gasteiger partial charge in [0.1, 0.15) is 17.2 Å². The van der Waals surface area contributed by atoms with Crippen LogP contribution in [0, 0.1) is 17.0 Å². The van der Waals surface area contributed by atoms with E-state index in [-0.39, 0.29) is 33.2 Å². The van der Waals surface area contributed by atoms with Crippen molar-refractivity contribution in [3.05, 3.63) is 59.4 Å². The Hall–Kier alpha value is -2.32. The maximum atomic E-state index is 14.2. The molecule has 3 aromatic rings. The molecule has 8 heteroatoms. The summed E-state index contributed by atoms with van der Waals surface area (Å²) in [5.74, 6) is -0.540. The average molecular weight is 391 g/mol. The van der Waals surface area contributed by atoms with Crippen molar-refractivity contribution in [1.82, 2.24) is 9.55 Å². The number of aromatic nitrogens is 2. The van der Waals surface area contributed by atoms with Gasteiger partial charge in [0.2, 0.25) is 10.0 Å². The summed E-state index contributed by atoms with van der Waals surface area (Å²) >= 11 is 0. The number of nitrogens with zero attached hydrogens (tertiary/aromatic N) is 2. The van der Waals surface area contributed by atoms with E-state index < -0.39 is 21.7 Å². The van der Waals surface area contributed by atoms with Crippen LogP contribution >= 0.6 is 0 Å². The van der Waals surface area contributed by atoms with Gasteiger partial charge in [0.05, 0.1) is 10.4 Å². The van der Waals surface area contributed by atoms with Crippen LogP contribution in [0.25, 0.3) is 11.0 Å². The third-order valence-electron chi connectivity index (χ3n) is 5.60. The Morgan fingerprint density at radius 1 is 1.11 bits per heavy atom. The van der Waals surface area contributed by atoms with E-state index in [9.17, 15) is 17.2 Å². The molecule has 2 N–H and O–H groups in total. The van der Waals surface area contributed by atoms with Crippen LogP contribution in [0.4, 0.5) is 8.78 Å². The Morgan fingerprint density at radius 3 is 2.33 bits per heavy atom. The standard InChI is InChI=1S/C19H19F2N3O2S/c1-19(2)15(10-4-6-12(7-5-10)27(22,25)26)16(19)18-23-14-9-11(20)8-13(21)17(14)24(18)3/h4-9,15-16H,1-3H3,(H2,22,25,26)/t15-,16+/m1/s1. The number of sulfonamides is 1. The lowest BCUT2D eigenvalue weighted by Gasteiger charge is -2.04. The fourth-order valence-electron chi connectivity index (χ4n) is 4.17. The minimum absolute atomic E-state index is 0.00213. The van der Waals surface area contributed by atoms with Gasteiger partial charge in [0.25, 0.3) is 0 Å². The Balaban J connectivity index is 1.76. The highest BCUT2D eigenvalue weighted by Gasteiger charge is 2.60. The quantitative estimate of drug-likeness (QED) is 0.743. The van der Waals surface area contributed by atoms with Crippen molar-refractivity contribution in [2.75, 3.05) is 0 Å². The van der Waals surface area contributed by atoms with Gasteiger partial charge in [-0.25, -0.2) is 27.3 Å². The van der Waals surface area contributed by atoms with Gasteiger partial charge >= 0.3 is 0 Å². The van der Waals surface area contributed by atoms with Crippen LogP contribution in [0.3, 0.4) is 0 Å². The Morgan fingerprint density at radius 2 is 1.74 bits per heavy atom. The van der Waals surface area contributed by atoms with Crippen molar-refractivity contribution in [3.8, 4) is 0 Å². The van der Waals surface area contributed by atoms with E-state index in [1.165, 1.54) is 18.2 Å². The van der Waals surface area contributed by atoms with Gasteiger partial charge in [0, 0.05) is 31.0 Å². The van der Waals surface area contributed by atoms with Crippen LogP contribution in [0.2, 0.25) is 0 Å². The van der Waals surface area contributed by atoms with Crippen molar-refractivity contribution in [1.29, 1.82) is 0 Å². The number of rotatable bonds is 3. The number of primary sulfonamides is 1. The molecule has 0 aliphatic heterocycles. The SMILES string of the molecule is Cn1c([C@@H]2[C@@H](c3ccc(S(N)(=O)=O)cc3)C2(C)C)nc2cc(F)cc(F)c21. The zero-order valence-corrected chi connectivity index (χ0v) is 15.9. The summed E-state index contributed by atoms with van der Waals surface area (Å²) in [6.07, 6.45) is 0. The molecule has 0 bridgehead atoms. The number of imidazole rings is 1. The number of aryl methyl sites for hydroxylation is 1. The lowest BCUT2D eigenvalue weighted by Crippen LogP contribution is -2.11. The number of hydrogen-bond acceptors (Lipinski definition) is 3. The molecule has 1 saturated carbocycles. The van der Waals surface area contributed by atoms with Crippen molar-refractivity contribution < 1.29 is 17.2 Å². The molecule has 5 nitrogen and oxygen atoms in total. The van der Waals surface area contributed by atoms with Crippen molar-refractivity contribution in [3.63, 3.8) is 0 Å². The Bertz CT molecular complexity index is 1170. The number of benzene rings is 2. The molecule has 4 rings (SSSR count). The largest absolute Gasteiger partial charge is 0.328 e. The van der Waals surface area contributed by atoms with Gasteiger partial charge in [-0.2, -0.15) is 0 Å². The fourth-order valence-corrected chi connectivity index (χ4v) is 4.68. The topological polar surface area (TPSA) is 78.0 Å². The molecular formula is C19H19F2N3O2S. The first-order valence-electron chi connectivity index (χ1n) is 8.46. The molecule has 0 saturated heterocycles. The lowest BCUT2D eigenvalue weighted by atomic mass is 10.0. The third-order valence-corrected chi connectivity index (χ3v) is 6.52. The summed E-state index contributed by atoms with van der Waals surface area (Å²) in [6, 6.07) is 8.55. The second-order valence-electron chi connectivity index (χ2n) is 7.68. The molecule has 27 heavy (non-hydrogen) atoms. The summed E-state index contributed by atoms with van der Waals surface area (Å²) in [5, 5.41) is 5.15. The lowest BCUT2D eigenvalue weighted by molar-refractivity contribution is 0.579.